The van der Waals surface area contributed by atoms with Crippen molar-refractivity contribution in [3.63, 3.8) is 0 Å². The SMILES string of the molecule is CN(C)Cc1ccn2c(-c3csc(Nc4ccc(C(=O)Nc5c(N)cccc5F)s4)n3)cnc2c1. The van der Waals surface area contributed by atoms with Gasteiger partial charge in [0.15, 0.2) is 5.13 Å². The summed E-state index contributed by atoms with van der Waals surface area (Å²) in [6, 6.07) is 11.9. The Hall–Kier alpha value is -3.80. The average molecular weight is 508 g/mol. The fourth-order valence-electron chi connectivity index (χ4n) is 3.60. The Morgan fingerprint density at radius 3 is 2.89 bits per heavy atom. The summed E-state index contributed by atoms with van der Waals surface area (Å²) in [5.41, 5.74) is 9.69. The largest absolute Gasteiger partial charge is 0.397 e. The zero-order chi connectivity index (χ0) is 24.5. The van der Waals surface area contributed by atoms with Gasteiger partial charge in [0.05, 0.1) is 27.5 Å². The Morgan fingerprint density at radius 1 is 1.23 bits per heavy atom. The van der Waals surface area contributed by atoms with Gasteiger partial charge < -0.3 is 21.3 Å². The van der Waals surface area contributed by atoms with Gasteiger partial charge in [-0.2, -0.15) is 0 Å². The standard InChI is InChI=1S/C24H22FN7OS2/c1-31(2)12-14-8-9-32-18(11-27-20(32)10-14)17-13-34-24(28-17)29-21-7-6-19(35-21)23(33)30-22-15(25)4-3-5-16(22)26/h3-11,13H,12,26H2,1-2H3,(H,28,29)(H,30,33). The predicted octanol–water partition coefficient (Wildman–Crippen LogP) is 5.30. The summed E-state index contributed by atoms with van der Waals surface area (Å²) in [5, 5.41) is 9.17. The van der Waals surface area contributed by atoms with E-state index in [9.17, 15) is 9.18 Å². The molecule has 4 heterocycles. The number of anilines is 4. The molecular formula is C24H22FN7OS2. The Morgan fingerprint density at radius 2 is 2.09 bits per heavy atom. The van der Waals surface area contributed by atoms with Gasteiger partial charge in [-0.25, -0.2) is 14.4 Å². The Bertz CT molecular complexity index is 1500. The molecule has 0 saturated heterocycles. The molecule has 1 aromatic carbocycles. The molecule has 0 radical (unpaired) electrons. The zero-order valence-electron chi connectivity index (χ0n) is 18.9. The van der Waals surface area contributed by atoms with Gasteiger partial charge in [0.1, 0.15) is 22.8 Å². The van der Waals surface area contributed by atoms with Crippen LogP contribution in [0.2, 0.25) is 0 Å². The van der Waals surface area contributed by atoms with E-state index in [1.165, 1.54) is 46.4 Å². The van der Waals surface area contributed by atoms with Crippen LogP contribution in [-0.4, -0.2) is 39.3 Å². The number of hydrogen-bond acceptors (Lipinski definition) is 8. The highest BCUT2D eigenvalue weighted by Gasteiger charge is 2.15. The number of carbonyl (C=O) groups excluding carboxylic acids is 1. The Balaban J connectivity index is 1.30. The molecule has 11 heteroatoms. The average Bonchev–Trinajstić information content (AvgIpc) is 3.55. The van der Waals surface area contributed by atoms with E-state index >= 15 is 0 Å². The lowest BCUT2D eigenvalue weighted by atomic mass is 10.2. The third kappa shape index (κ3) is 4.87. The number of para-hydroxylation sites is 1. The normalized spacial score (nSPS) is 11.3. The number of nitrogens with one attached hydrogen (secondary N) is 2. The number of fused-ring (bicyclic) bond motifs is 1. The number of halogens is 1. The van der Waals surface area contributed by atoms with Crippen molar-refractivity contribution in [2.24, 2.45) is 0 Å². The smallest absolute Gasteiger partial charge is 0.265 e. The van der Waals surface area contributed by atoms with E-state index in [1.54, 1.807) is 12.1 Å². The Kier molecular flexibility index (Phi) is 6.20. The molecule has 0 spiro atoms. The zero-order valence-corrected chi connectivity index (χ0v) is 20.6. The third-order valence-electron chi connectivity index (χ3n) is 5.19. The van der Waals surface area contributed by atoms with Crippen LogP contribution in [0.3, 0.4) is 0 Å². The van der Waals surface area contributed by atoms with E-state index in [0.717, 1.165) is 28.6 Å². The summed E-state index contributed by atoms with van der Waals surface area (Å²) in [5.74, 6) is -1.01. The molecule has 0 aliphatic carbocycles. The third-order valence-corrected chi connectivity index (χ3v) is 6.94. The first-order chi connectivity index (χ1) is 16.9. The molecule has 0 bridgehead atoms. The van der Waals surface area contributed by atoms with Crippen LogP contribution in [0.5, 0.6) is 0 Å². The molecule has 5 aromatic rings. The van der Waals surface area contributed by atoms with E-state index in [-0.39, 0.29) is 11.4 Å². The number of imidazole rings is 1. The molecule has 0 unspecified atom stereocenters. The van der Waals surface area contributed by atoms with Crippen molar-refractivity contribution in [2.75, 3.05) is 30.5 Å². The number of nitrogens with two attached hydrogens (primary N) is 1. The van der Waals surface area contributed by atoms with Crippen molar-refractivity contribution in [1.82, 2.24) is 19.3 Å². The lowest BCUT2D eigenvalue weighted by Gasteiger charge is -2.09. The van der Waals surface area contributed by atoms with E-state index in [0.29, 0.717) is 10.0 Å². The van der Waals surface area contributed by atoms with Crippen LogP contribution in [0.15, 0.2) is 60.2 Å². The van der Waals surface area contributed by atoms with Crippen molar-refractivity contribution >= 4 is 55.7 Å². The molecular weight excluding hydrogens is 485 g/mol. The summed E-state index contributed by atoms with van der Waals surface area (Å²) in [6.45, 7) is 0.845. The van der Waals surface area contributed by atoms with Crippen LogP contribution in [0.4, 0.5) is 25.9 Å². The number of nitrogens with zero attached hydrogens (tertiary/aromatic N) is 4. The van der Waals surface area contributed by atoms with Crippen LogP contribution in [0, 0.1) is 5.82 Å². The molecule has 35 heavy (non-hydrogen) atoms. The van der Waals surface area contributed by atoms with Crippen molar-refractivity contribution in [3.05, 3.63) is 76.5 Å². The predicted molar refractivity (Wildman–Crippen MR) is 140 cm³/mol. The van der Waals surface area contributed by atoms with Crippen molar-refractivity contribution in [3.8, 4) is 11.4 Å². The van der Waals surface area contributed by atoms with E-state index in [2.05, 4.69) is 32.7 Å². The lowest BCUT2D eigenvalue weighted by molar-refractivity contribution is 0.103. The van der Waals surface area contributed by atoms with Crippen LogP contribution in [-0.2, 0) is 6.54 Å². The first kappa shape index (κ1) is 23.0. The molecule has 0 saturated carbocycles. The molecule has 4 aromatic heterocycles. The molecule has 0 atom stereocenters. The maximum absolute atomic E-state index is 14.0. The van der Waals surface area contributed by atoms with Crippen molar-refractivity contribution in [2.45, 2.75) is 6.54 Å². The second kappa shape index (κ2) is 9.45. The summed E-state index contributed by atoms with van der Waals surface area (Å²) in [6.07, 6.45) is 3.82. The molecule has 1 amide bonds. The highest BCUT2D eigenvalue weighted by Crippen LogP contribution is 2.31. The van der Waals surface area contributed by atoms with Crippen LogP contribution >= 0.6 is 22.7 Å². The molecule has 4 N–H and O–H groups in total. The topological polar surface area (TPSA) is 101 Å². The van der Waals surface area contributed by atoms with Gasteiger partial charge in [0.25, 0.3) is 5.91 Å². The van der Waals surface area contributed by atoms with E-state index in [1.807, 2.05) is 36.3 Å². The number of thiophene rings is 1. The monoisotopic (exact) mass is 507 g/mol. The minimum atomic E-state index is -0.579. The number of carbonyl (C=O) groups is 1. The first-order valence-corrected chi connectivity index (χ1v) is 12.4. The number of pyridine rings is 1. The number of rotatable bonds is 7. The van der Waals surface area contributed by atoms with Crippen LogP contribution in [0.1, 0.15) is 15.2 Å². The highest BCUT2D eigenvalue weighted by atomic mass is 32.1. The minimum absolute atomic E-state index is 0.0214. The van der Waals surface area contributed by atoms with Crippen molar-refractivity contribution < 1.29 is 9.18 Å². The quantitative estimate of drug-likeness (QED) is 0.259. The first-order valence-electron chi connectivity index (χ1n) is 10.7. The summed E-state index contributed by atoms with van der Waals surface area (Å²) < 4.78 is 16.0. The molecule has 8 nitrogen and oxygen atoms in total. The highest BCUT2D eigenvalue weighted by molar-refractivity contribution is 7.19. The number of hydrogen-bond donors (Lipinski definition) is 3. The van der Waals surface area contributed by atoms with Gasteiger partial charge in [-0.3, -0.25) is 9.20 Å². The fourth-order valence-corrected chi connectivity index (χ4v) is 5.19. The molecule has 0 aliphatic heterocycles. The van der Waals surface area contributed by atoms with Gasteiger partial charge in [0, 0.05) is 18.1 Å². The number of thiazole rings is 1. The maximum Gasteiger partial charge on any atom is 0.265 e. The summed E-state index contributed by atoms with van der Waals surface area (Å²) in [4.78, 5) is 24.3. The van der Waals surface area contributed by atoms with Crippen molar-refractivity contribution in [1.29, 1.82) is 0 Å². The lowest BCUT2D eigenvalue weighted by Crippen LogP contribution is -2.13. The number of amides is 1. The van der Waals surface area contributed by atoms with Crippen LogP contribution in [0.25, 0.3) is 17.0 Å². The van der Waals surface area contributed by atoms with E-state index < -0.39 is 11.7 Å². The van der Waals surface area contributed by atoms with Gasteiger partial charge in [-0.1, -0.05) is 6.07 Å². The van der Waals surface area contributed by atoms with Crippen LogP contribution < -0.4 is 16.4 Å². The van der Waals surface area contributed by atoms with Gasteiger partial charge in [-0.05, 0) is 56.1 Å². The number of aromatic nitrogens is 3. The number of nitrogen functional groups attached to an aromatic ring is 1. The van der Waals surface area contributed by atoms with Gasteiger partial charge in [0.2, 0.25) is 0 Å². The molecule has 0 aliphatic rings. The van der Waals surface area contributed by atoms with E-state index in [4.69, 9.17) is 10.7 Å². The van der Waals surface area contributed by atoms with Gasteiger partial charge in [-0.15, -0.1) is 22.7 Å². The molecule has 0 fully saturated rings. The Labute approximate surface area is 208 Å². The summed E-state index contributed by atoms with van der Waals surface area (Å²) >= 11 is 2.70. The maximum atomic E-state index is 14.0. The second-order valence-corrected chi connectivity index (χ2v) is 10.1. The van der Waals surface area contributed by atoms with Gasteiger partial charge >= 0.3 is 0 Å². The molecule has 178 valence electrons. The molecule has 5 rings (SSSR count). The summed E-state index contributed by atoms with van der Waals surface area (Å²) in [7, 11) is 4.07. The fraction of sp³-hybridized carbons (Fsp3) is 0.125. The number of benzene rings is 1. The second-order valence-electron chi connectivity index (χ2n) is 8.13. The minimum Gasteiger partial charge on any atom is -0.397 e.